The molecule has 0 bridgehead atoms. The minimum absolute atomic E-state index is 0.431. The van der Waals surface area contributed by atoms with Gasteiger partial charge in [-0.2, -0.15) is 5.26 Å². The normalized spacial score (nSPS) is 10.8. The molecule has 0 fully saturated rings. The highest BCUT2D eigenvalue weighted by molar-refractivity contribution is 5.33. The maximum atomic E-state index is 8.39. The van der Waals surface area contributed by atoms with Crippen LogP contribution in [0.3, 0.4) is 0 Å². The molecule has 0 aliphatic carbocycles. The monoisotopic (exact) mass is 160 g/mol. The second kappa shape index (κ2) is 5.99. The smallest absolute Gasteiger partial charge is 0.0985 e. The van der Waals surface area contributed by atoms with E-state index in [9.17, 15) is 0 Å². The fraction of sp³-hybridized carbons (Fsp3) is 0.100. The lowest BCUT2D eigenvalue weighted by molar-refractivity contribution is 1.11. The van der Waals surface area contributed by atoms with Gasteiger partial charge in [-0.1, -0.05) is 19.2 Å². The first-order chi connectivity index (χ1) is 5.74. The topological polar surface area (TPSA) is 35.8 Å². The lowest BCUT2D eigenvalue weighted by atomic mass is 10.2. The maximum Gasteiger partial charge on any atom is 0.0985 e. The van der Waals surface area contributed by atoms with Crippen molar-refractivity contribution in [2.75, 3.05) is 0 Å². The van der Waals surface area contributed by atoms with Crippen LogP contribution < -0.4 is 5.32 Å². The fourth-order valence-electron chi connectivity index (χ4n) is 0.573. The van der Waals surface area contributed by atoms with Gasteiger partial charge in [0, 0.05) is 11.3 Å². The summed E-state index contributed by atoms with van der Waals surface area (Å²) in [7, 11) is 0. The van der Waals surface area contributed by atoms with Crippen LogP contribution in [0.2, 0.25) is 0 Å². The predicted molar refractivity (Wildman–Crippen MR) is 51.0 cm³/mol. The molecule has 0 radical (unpaired) electrons. The van der Waals surface area contributed by atoms with Gasteiger partial charge in [-0.25, -0.2) is 0 Å². The zero-order valence-electron chi connectivity index (χ0n) is 7.17. The molecule has 0 saturated heterocycles. The van der Waals surface area contributed by atoms with Gasteiger partial charge >= 0.3 is 0 Å². The van der Waals surface area contributed by atoms with Crippen molar-refractivity contribution in [2.45, 2.75) is 6.92 Å². The Morgan fingerprint density at radius 3 is 2.58 bits per heavy atom. The third-order valence-electron chi connectivity index (χ3n) is 1.19. The molecular weight excluding hydrogens is 148 g/mol. The average molecular weight is 160 g/mol. The largest absolute Gasteiger partial charge is 0.363 e. The Hall–Kier alpha value is -1.75. The number of allylic oxidation sites excluding steroid dienone is 4. The van der Waals surface area contributed by atoms with E-state index in [1.807, 2.05) is 19.1 Å². The minimum Gasteiger partial charge on any atom is -0.363 e. The van der Waals surface area contributed by atoms with Crippen LogP contribution in [0.25, 0.3) is 0 Å². The molecule has 0 aliphatic heterocycles. The summed E-state index contributed by atoms with van der Waals surface area (Å²) < 4.78 is 0. The lowest BCUT2D eigenvalue weighted by Gasteiger charge is -1.97. The molecule has 0 amide bonds. The molecule has 0 heterocycles. The summed E-state index contributed by atoms with van der Waals surface area (Å²) in [6, 6.07) is 1.92. The van der Waals surface area contributed by atoms with Crippen molar-refractivity contribution in [2.24, 2.45) is 0 Å². The van der Waals surface area contributed by atoms with Crippen molar-refractivity contribution in [1.82, 2.24) is 5.32 Å². The summed E-state index contributed by atoms with van der Waals surface area (Å²) in [6.45, 7) is 8.93. The van der Waals surface area contributed by atoms with Gasteiger partial charge in [0.25, 0.3) is 0 Å². The summed E-state index contributed by atoms with van der Waals surface area (Å²) in [5, 5.41) is 11.3. The summed E-state index contributed by atoms with van der Waals surface area (Å²) >= 11 is 0. The van der Waals surface area contributed by atoms with Crippen molar-refractivity contribution >= 4 is 0 Å². The molecule has 1 N–H and O–H groups in total. The average Bonchev–Trinajstić information content (AvgIpc) is 2.11. The van der Waals surface area contributed by atoms with Crippen molar-refractivity contribution in [3.8, 4) is 6.07 Å². The molecule has 0 unspecified atom stereocenters. The van der Waals surface area contributed by atoms with E-state index in [1.165, 1.54) is 0 Å². The highest BCUT2D eigenvalue weighted by Gasteiger charge is 1.85. The lowest BCUT2D eigenvalue weighted by Crippen LogP contribution is -2.00. The van der Waals surface area contributed by atoms with Crippen molar-refractivity contribution in [1.29, 1.82) is 5.26 Å². The molecule has 0 saturated carbocycles. The number of hydrogen-bond donors (Lipinski definition) is 1. The van der Waals surface area contributed by atoms with E-state index in [-0.39, 0.29) is 0 Å². The first kappa shape index (κ1) is 10.2. The van der Waals surface area contributed by atoms with Crippen LogP contribution in [0.15, 0.2) is 48.9 Å². The molecule has 12 heavy (non-hydrogen) atoms. The summed E-state index contributed by atoms with van der Waals surface area (Å²) in [5.41, 5.74) is 1.32. The summed E-state index contributed by atoms with van der Waals surface area (Å²) in [4.78, 5) is 0. The Kier molecular flexibility index (Phi) is 5.12. The van der Waals surface area contributed by atoms with Gasteiger partial charge < -0.3 is 5.32 Å². The van der Waals surface area contributed by atoms with Gasteiger partial charge in [0.05, 0.1) is 6.07 Å². The molecular formula is C10H12N2. The number of nitriles is 1. The Balaban J connectivity index is 4.23. The van der Waals surface area contributed by atoms with Gasteiger partial charge in [0.15, 0.2) is 0 Å². The Labute approximate surface area is 73.2 Å². The number of nitrogens with one attached hydrogen (secondary N) is 1. The van der Waals surface area contributed by atoms with Crippen LogP contribution in [0.1, 0.15) is 6.92 Å². The van der Waals surface area contributed by atoms with Crippen LogP contribution in [-0.2, 0) is 0 Å². The molecule has 2 heteroatoms. The highest BCUT2D eigenvalue weighted by Crippen LogP contribution is 1.96. The Bertz CT molecular complexity index is 264. The van der Waals surface area contributed by atoms with Gasteiger partial charge in [-0.3, -0.25) is 0 Å². The Morgan fingerprint density at radius 2 is 2.17 bits per heavy atom. The number of hydrogen-bond acceptors (Lipinski definition) is 2. The summed E-state index contributed by atoms with van der Waals surface area (Å²) in [5.74, 6) is 0. The molecule has 0 atom stereocenters. The van der Waals surface area contributed by atoms with Gasteiger partial charge in [-0.15, -0.1) is 0 Å². The van der Waals surface area contributed by atoms with E-state index in [0.29, 0.717) is 5.57 Å². The van der Waals surface area contributed by atoms with E-state index in [2.05, 4.69) is 18.5 Å². The third kappa shape index (κ3) is 4.13. The first-order valence-electron chi connectivity index (χ1n) is 3.55. The predicted octanol–water partition coefficient (Wildman–Crippen LogP) is 2.26. The van der Waals surface area contributed by atoms with Gasteiger partial charge in [-0.05, 0) is 25.3 Å². The van der Waals surface area contributed by atoms with Crippen molar-refractivity contribution in [3.63, 3.8) is 0 Å². The van der Waals surface area contributed by atoms with Crippen molar-refractivity contribution < 1.29 is 0 Å². The minimum atomic E-state index is 0.431. The summed E-state index contributed by atoms with van der Waals surface area (Å²) in [6.07, 6.45) is 6.87. The molecule has 0 spiro atoms. The van der Waals surface area contributed by atoms with Gasteiger partial charge in [0.1, 0.15) is 0 Å². The number of rotatable bonds is 4. The van der Waals surface area contributed by atoms with Crippen LogP contribution in [-0.4, -0.2) is 0 Å². The standard InChI is InChI=1S/C10H12N2/c1-4-10(12-5-2)7-6-9(3)8-11/h4-7,12H,2-3H2,1H3/b7-6-,10-4?. The quantitative estimate of drug-likeness (QED) is 0.505. The molecule has 2 nitrogen and oxygen atoms in total. The fourth-order valence-corrected chi connectivity index (χ4v) is 0.573. The van der Waals surface area contributed by atoms with E-state index < -0.39 is 0 Å². The maximum absolute atomic E-state index is 8.39. The molecule has 0 aromatic rings. The zero-order valence-corrected chi connectivity index (χ0v) is 7.17. The highest BCUT2D eigenvalue weighted by atomic mass is 14.8. The molecule has 0 rings (SSSR count). The third-order valence-corrected chi connectivity index (χ3v) is 1.19. The SMILES string of the molecule is C=CNC(=CC)/C=C\C(=C)C#N. The molecule has 0 aromatic carbocycles. The van der Waals surface area contributed by atoms with Crippen molar-refractivity contribution in [3.05, 3.63) is 48.9 Å². The first-order valence-corrected chi connectivity index (χ1v) is 3.55. The second-order valence-corrected chi connectivity index (χ2v) is 2.06. The van der Waals surface area contributed by atoms with Crippen LogP contribution in [0.4, 0.5) is 0 Å². The van der Waals surface area contributed by atoms with E-state index in [1.54, 1.807) is 18.4 Å². The van der Waals surface area contributed by atoms with Crippen LogP contribution >= 0.6 is 0 Å². The van der Waals surface area contributed by atoms with E-state index in [4.69, 9.17) is 5.26 Å². The van der Waals surface area contributed by atoms with Gasteiger partial charge in [0.2, 0.25) is 0 Å². The van der Waals surface area contributed by atoms with E-state index >= 15 is 0 Å². The van der Waals surface area contributed by atoms with Crippen LogP contribution in [0, 0.1) is 11.3 Å². The zero-order chi connectivity index (χ0) is 9.40. The molecule has 62 valence electrons. The second-order valence-electron chi connectivity index (χ2n) is 2.06. The number of nitrogens with zero attached hydrogens (tertiary/aromatic N) is 1. The van der Waals surface area contributed by atoms with E-state index in [0.717, 1.165) is 5.70 Å². The van der Waals surface area contributed by atoms with Crippen LogP contribution in [0.5, 0.6) is 0 Å². The molecule has 0 aliphatic rings. The molecule has 0 aromatic heterocycles. The Morgan fingerprint density at radius 1 is 1.50 bits per heavy atom.